The maximum atomic E-state index is 13.0. The molecule has 2 aliphatic rings. The number of carbonyl (C=O) groups excluding carboxylic acids is 1. The molecule has 0 aromatic heterocycles. The molecule has 2 fully saturated rings. The molecular weight excluding hydrogens is 702 g/mol. The first-order chi connectivity index (χ1) is 14.9. The van der Waals surface area contributed by atoms with Gasteiger partial charge in [0.1, 0.15) is 18.1 Å². The molecule has 0 atom stereocenters. The van der Waals surface area contributed by atoms with Gasteiger partial charge in [-0.15, -0.1) is 0 Å². The Labute approximate surface area is 223 Å². The van der Waals surface area contributed by atoms with E-state index in [-0.39, 0.29) is 11.9 Å². The van der Waals surface area contributed by atoms with Gasteiger partial charge in [0.05, 0.1) is 7.14 Å². The molecule has 0 unspecified atom stereocenters. The van der Waals surface area contributed by atoms with E-state index in [4.69, 9.17) is 17.0 Å². The van der Waals surface area contributed by atoms with E-state index in [0.717, 1.165) is 54.2 Å². The van der Waals surface area contributed by atoms with Gasteiger partial charge in [-0.1, -0.05) is 47.3 Å². The topological polar surface area (TPSA) is 41.6 Å². The van der Waals surface area contributed by atoms with Crippen LogP contribution in [0, 0.1) is 7.14 Å². The Balaban J connectivity index is 1.49. The number of hydrogen-bond acceptors (Lipinski definition) is 3. The van der Waals surface area contributed by atoms with Gasteiger partial charge in [-0.3, -0.25) is 9.69 Å². The number of nitrogens with one attached hydrogen (secondary N) is 1. The Hall–Kier alpha value is -0.720. The second kappa shape index (κ2) is 10.5. The fourth-order valence-electron chi connectivity index (χ4n) is 3.92. The number of thiocarbonyl (C=S) groups is 1. The minimum Gasteiger partial charge on any atom is -0.487 e. The third-order valence-corrected chi connectivity index (χ3v) is 7.91. The quantitative estimate of drug-likeness (QED) is 0.214. The van der Waals surface area contributed by atoms with Crippen LogP contribution in [0.3, 0.4) is 0 Å². The molecule has 2 aromatic rings. The average Bonchev–Trinajstić information content (AvgIpc) is 3.02. The Bertz CT molecular complexity index is 1010. The van der Waals surface area contributed by atoms with Gasteiger partial charge < -0.3 is 10.1 Å². The van der Waals surface area contributed by atoms with Crippen LogP contribution >= 0.6 is 73.3 Å². The number of rotatable bonds is 5. The molecule has 1 amide bonds. The highest BCUT2D eigenvalue weighted by Gasteiger charge is 2.36. The van der Waals surface area contributed by atoms with E-state index in [9.17, 15) is 4.79 Å². The van der Waals surface area contributed by atoms with Crippen molar-refractivity contribution in [2.45, 2.75) is 44.8 Å². The van der Waals surface area contributed by atoms with Gasteiger partial charge in [0.25, 0.3) is 5.91 Å². The third-order valence-electron chi connectivity index (χ3n) is 5.48. The zero-order chi connectivity index (χ0) is 22.0. The molecule has 1 aliphatic heterocycles. The van der Waals surface area contributed by atoms with Crippen molar-refractivity contribution in [1.29, 1.82) is 0 Å². The summed E-state index contributed by atoms with van der Waals surface area (Å²) in [4.78, 5) is 14.8. The highest BCUT2D eigenvalue weighted by atomic mass is 127. The minimum atomic E-state index is -0.0162. The van der Waals surface area contributed by atoms with Crippen LogP contribution in [0.4, 0.5) is 0 Å². The number of carbonyl (C=O) groups is 1. The second-order valence-corrected chi connectivity index (χ2v) is 11.3. The Kier molecular flexibility index (Phi) is 7.92. The van der Waals surface area contributed by atoms with Crippen molar-refractivity contribution in [2.75, 3.05) is 0 Å². The lowest BCUT2D eigenvalue weighted by Gasteiger charge is -2.29. The molecule has 0 radical (unpaired) electrons. The normalized spacial score (nSPS) is 18.5. The molecule has 4 nitrogen and oxygen atoms in total. The molecule has 1 saturated carbocycles. The van der Waals surface area contributed by atoms with Gasteiger partial charge in [-0.25, -0.2) is 0 Å². The zero-order valence-electron chi connectivity index (χ0n) is 16.7. The summed E-state index contributed by atoms with van der Waals surface area (Å²) >= 11 is 13.5. The second-order valence-electron chi connectivity index (χ2n) is 7.68. The standard InChI is InChI=1S/C23H21BrI2N2O2S/c24-16-8-6-14(7-9-16)13-30-21-18(25)10-15(11-19(21)26)12-20-22(29)28(23(31)27-20)17-4-2-1-3-5-17/h6-12,17H,1-5,13H2,(H,27,31)/b20-12-. The van der Waals surface area contributed by atoms with Crippen LogP contribution in [-0.4, -0.2) is 22.0 Å². The molecule has 8 heteroatoms. The van der Waals surface area contributed by atoms with Crippen LogP contribution < -0.4 is 10.1 Å². The fourth-order valence-corrected chi connectivity index (χ4v) is 6.66. The van der Waals surface area contributed by atoms with E-state index >= 15 is 0 Å². The van der Waals surface area contributed by atoms with E-state index in [2.05, 4.69) is 66.4 Å². The van der Waals surface area contributed by atoms with Crippen LogP contribution in [0.1, 0.15) is 43.2 Å². The predicted octanol–water partition coefficient (Wildman–Crippen LogP) is 6.63. The summed E-state index contributed by atoms with van der Waals surface area (Å²) < 4.78 is 9.15. The van der Waals surface area contributed by atoms with E-state index in [1.54, 1.807) is 4.90 Å². The van der Waals surface area contributed by atoms with Gasteiger partial charge in [-0.2, -0.15) is 0 Å². The first-order valence-corrected chi connectivity index (χ1v) is 13.5. The molecule has 1 saturated heterocycles. The van der Waals surface area contributed by atoms with Gasteiger partial charge in [0.15, 0.2) is 5.11 Å². The lowest BCUT2D eigenvalue weighted by atomic mass is 9.94. The number of halogens is 3. The van der Waals surface area contributed by atoms with Gasteiger partial charge >= 0.3 is 0 Å². The van der Waals surface area contributed by atoms with E-state index < -0.39 is 0 Å². The highest BCUT2D eigenvalue weighted by molar-refractivity contribution is 14.1. The maximum absolute atomic E-state index is 13.0. The molecule has 0 bridgehead atoms. The monoisotopic (exact) mass is 722 g/mol. The lowest BCUT2D eigenvalue weighted by Crippen LogP contribution is -2.41. The van der Waals surface area contributed by atoms with Gasteiger partial charge in [-0.05, 0) is 112 Å². The zero-order valence-corrected chi connectivity index (χ0v) is 23.4. The molecule has 162 valence electrons. The van der Waals surface area contributed by atoms with Crippen LogP contribution in [0.25, 0.3) is 6.08 Å². The third kappa shape index (κ3) is 5.62. The van der Waals surface area contributed by atoms with Gasteiger partial charge in [0.2, 0.25) is 0 Å². The van der Waals surface area contributed by atoms with Crippen molar-refractivity contribution in [3.05, 3.63) is 64.8 Å². The molecule has 1 N–H and O–H groups in total. The molecule has 1 heterocycles. The van der Waals surface area contributed by atoms with Crippen molar-refractivity contribution < 1.29 is 9.53 Å². The number of benzene rings is 2. The van der Waals surface area contributed by atoms with Crippen molar-refractivity contribution in [2.24, 2.45) is 0 Å². The molecule has 2 aromatic carbocycles. The Morgan fingerprint density at radius 1 is 1.13 bits per heavy atom. The molecule has 1 aliphatic carbocycles. The van der Waals surface area contributed by atoms with Crippen molar-refractivity contribution in [3.63, 3.8) is 0 Å². The summed E-state index contributed by atoms with van der Waals surface area (Å²) in [6.07, 6.45) is 7.51. The highest BCUT2D eigenvalue weighted by Crippen LogP contribution is 2.32. The number of ether oxygens (including phenoxy) is 1. The van der Waals surface area contributed by atoms with Crippen molar-refractivity contribution in [1.82, 2.24) is 10.2 Å². The predicted molar refractivity (Wildman–Crippen MR) is 148 cm³/mol. The SMILES string of the molecule is O=C1/C(=C/c2cc(I)c(OCc3ccc(Br)cc3)c(I)c2)NC(=S)N1C1CCCCC1. The van der Waals surface area contributed by atoms with Crippen LogP contribution in [0.2, 0.25) is 0 Å². The lowest BCUT2D eigenvalue weighted by molar-refractivity contribution is -0.124. The minimum absolute atomic E-state index is 0.0162. The fraction of sp³-hybridized carbons (Fsp3) is 0.304. The first kappa shape index (κ1) is 23.4. The summed E-state index contributed by atoms with van der Waals surface area (Å²) in [6.45, 7) is 0.504. The van der Waals surface area contributed by atoms with Gasteiger partial charge in [0, 0.05) is 10.5 Å². The Morgan fingerprint density at radius 2 is 1.77 bits per heavy atom. The molecule has 31 heavy (non-hydrogen) atoms. The molecule has 0 spiro atoms. The smallest absolute Gasteiger partial charge is 0.276 e. The number of amides is 1. The maximum Gasteiger partial charge on any atom is 0.276 e. The van der Waals surface area contributed by atoms with Crippen molar-refractivity contribution >= 4 is 90.4 Å². The van der Waals surface area contributed by atoms with Crippen LogP contribution in [-0.2, 0) is 11.4 Å². The number of hydrogen-bond donors (Lipinski definition) is 1. The summed E-state index contributed by atoms with van der Waals surface area (Å²) in [5.41, 5.74) is 2.61. The number of nitrogens with zero attached hydrogens (tertiary/aromatic N) is 1. The van der Waals surface area contributed by atoms with E-state index in [1.807, 2.05) is 42.5 Å². The van der Waals surface area contributed by atoms with E-state index in [1.165, 1.54) is 6.42 Å². The molecular formula is C23H21BrI2N2O2S. The first-order valence-electron chi connectivity index (χ1n) is 10.1. The Morgan fingerprint density at radius 3 is 2.42 bits per heavy atom. The summed E-state index contributed by atoms with van der Waals surface area (Å²) in [6, 6.07) is 12.4. The van der Waals surface area contributed by atoms with Crippen LogP contribution in [0.15, 0.2) is 46.6 Å². The summed E-state index contributed by atoms with van der Waals surface area (Å²) in [7, 11) is 0. The molecule has 4 rings (SSSR count). The summed E-state index contributed by atoms with van der Waals surface area (Å²) in [5.74, 6) is 0.841. The van der Waals surface area contributed by atoms with Crippen LogP contribution in [0.5, 0.6) is 5.75 Å². The van der Waals surface area contributed by atoms with Crippen molar-refractivity contribution in [3.8, 4) is 5.75 Å². The average molecular weight is 723 g/mol. The largest absolute Gasteiger partial charge is 0.487 e. The summed E-state index contributed by atoms with van der Waals surface area (Å²) in [5, 5.41) is 3.66. The van der Waals surface area contributed by atoms with E-state index in [0.29, 0.717) is 17.4 Å².